The van der Waals surface area contributed by atoms with Crippen LogP contribution in [0.25, 0.3) is 21.2 Å². The lowest BCUT2D eigenvalue weighted by Gasteiger charge is -2.16. The van der Waals surface area contributed by atoms with E-state index in [1.165, 1.54) is 4.90 Å². The molecule has 198 valence electrons. The van der Waals surface area contributed by atoms with Crippen LogP contribution in [0.5, 0.6) is 5.75 Å². The fourth-order valence-electron chi connectivity index (χ4n) is 4.43. The van der Waals surface area contributed by atoms with E-state index in [9.17, 15) is 9.90 Å². The third kappa shape index (κ3) is 6.02. The number of hydrogen-bond donors (Lipinski definition) is 2. The Morgan fingerprint density at radius 2 is 1.77 bits per heavy atom. The minimum atomic E-state index is -0.949. The van der Waals surface area contributed by atoms with Crippen LogP contribution in [0.3, 0.4) is 0 Å². The average Bonchev–Trinajstić information content (AvgIpc) is 3.45. The number of aryl methyl sites for hydroxylation is 1. The van der Waals surface area contributed by atoms with E-state index in [1.807, 2.05) is 79.7 Å². The highest BCUT2D eigenvalue weighted by Gasteiger charge is 2.16. The van der Waals surface area contributed by atoms with Crippen LogP contribution in [0.1, 0.15) is 34.7 Å². The van der Waals surface area contributed by atoms with Crippen LogP contribution in [0.2, 0.25) is 0 Å². The monoisotopic (exact) mass is 538 g/mol. The largest absolute Gasteiger partial charge is 0.489 e. The third-order valence-corrected chi connectivity index (χ3v) is 7.91. The molecule has 5 aromatic rings. The molecule has 0 radical (unpaired) electrons. The number of nitrogens with one attached hydrogen (secondary N) is 1. The van der Waals surface area contributed by atoms with E-state index in [2.05, 4.69) is 34.6 Å². The van der Waals surface area contributed by atoms with Crippen LogP contribution in [-0.2, 0) is 13.2 Å². The van der Waals surface area contributed by atoms with Gasteiger partial charge in [0.05, 0.1) is 11.7 Å². The quantitative estimate of drug-likeness (QED) is 0.202. The van der Waals surface area contributed by atoms with Crippen molar-refractivity contribution in [2.45, 2.75) is 33.0 Å². The molecule has 1 unspecified atom stereocenters. The number of thiophene rings is 1. The van der Waals surface area contributed by atoms with Gasteiger partial charge >= 0.3 is 6.09 Å². The van der Waals surface area contributed by atoms with Crippen molar-refractivity contribution in [1.29, 1.82) is 0 Å². The summed E-state index contributed by atoms with van der Waals surface area (Å²) in [7, 11) is 1.58. The highest BCUT2D eigenvalue weighted by Crippen LogP contribution is 2.36. The Hall–Kier alpha value is -4.43. The van der Waals surface area contributed by atoms with Crippen LogP contribution < -0.4 is 10.1 Å². The summed E-state index contributed by atoms with van der Waals surface area (Å²) >= 11 is 1.68. The lowest BCUT2D eigenvalue weighted by molar-refractivity contribution is 0.154. The van der Waals surface area contributed by atoms with Crippen molar-refractivity contribution in [2.75, 3.05) is 12.4 Å². The van der Waals surface area contributed by atoms with Gasteiger partial charge < -0.3 is 20.1 Å². The van der Waals surface area contributed by atoms with Crippen LogP contribution in [0.15, 0.2) is 84.9 Å². The summed E-state index contributed by atoms with van der Waals surface area (Å²) in [6, 6.07) is 28.2. The molecule has 1 atom stereocenters. The molecule has 0 bridgehead atoms. The zero-order chi connectivity index (χ0) is 27.4. The Morgan fingerprint density at radius 3 is 2.56 bits per heavy atom. The average molecular weight is 539 g/mol. The van der Waals surface area contributed by atoms with Crippen LogP contribution in [-0.4, -0.2) is 33.3 Å². The van der Waals surface area contributed by atoms with Gasteiger partial charge in [-0.15, -0.1) is 16.4 Å². The first-order valence-electron chi connectivity index (χ1n) is 12.7. The lowest BCUT2D eigenvalue weighted by Crippen LogP contribution is -2.24. The van der Waals surface area contributed by atoms with Crippen LogP contribution >= 0.6 is 11.3 Å². The first-order chi connectivity index (χ1) is 18.9. The van der Waals surface area contributed by atoms with E-state index >= 15 is 0 Å². The van der Waals surface area contributed by atoms with Crippen LogP contribution in [0.4, 0.5) is 10.6 Å². The number of fused-ring (bicyclic) bond motifs is 1. The van der Waals surface area contributed by atoms with Crippen molar-refractivity contribution in [3.05, 3.63) is 107 Å². The Kier molecular flexibility index (Phi) is 7.74. The van der Waals surface area contributed by atoms with Crippen LogP contribution in [0, 0.1) is 6.92 Å². The van der Waals surface area contributed by atoms with Gasteiger partial charge in [0.15, 0.2) is 5.82 Å². The summed E-state index contributed by atoms with van der Waals surface area (Å²) < 4.78 is 6.08. The number of carbonyl (C=O) groups is 1. The number of hydrogen-bond acceptors (Lipinski definition) is 6. The van der Waals surface area contributed by atoms with Crippen molar-refractivity contribution >= 4 is 34.0 Å². The van der Waals surface area contributed by atoms with Gasteiger partial charge in [-0.1, -0.05) is 54.6 Å². The molecule has 3 aromatic carbocycles. The number of benzene rings is 3. The minimum Gasteiger partial charge on any atom is -0.489 e. The fourth-order valence-corrected chi connectivity index (χ4v) is 5.50. The molecule has 7 nitrogen and oxygen atoms in total. The summed E-state index contributed by atoms with van der Waals surface area (Å²) in [5.41, 5.74) is 3.97. The molecule has 2 heterocycles. The standard InChI is InChI=1S/C31H30N4O3S/c1-20-25-14-13-24(38-19-22-9-5-4-6-10-22)17-27(25)30(34-33-20)32-21(2)28-15-16-29(39-28)26-12-8-7-11-23(26)18-35(3)31(36)37/h4-17,21H,18-19H2,1-3H3,(H,32,34)(H,36,37). The molecular formula is C31H30N4O3S. The number of anilines is 1. The number of rotatable bonds is 9. The molecule has 0 aliphatic heterocycles. The summed E-state index contributed by atoms with van der Waals surface area (Å²) in [4.78, 5) is 14.9. The van der Waals surface area contributed by atoms with Crippen molar-refractivity contribution in [1.82, 2.24) is 15.1 Å². The molecule has 2 N–H and O–H groups in total. The zero-order valence-corrected chi connectivity index (χ0v) is 22.9. The molecule has 0 spiro atoms. The second kappa shape index (κ2) is 11.5. The molecule has 0 aliphatic carbocycles. The van der Waals surface area contributed by atoms with Gasteiger partial charge in [-0.3, -0.25) is 0 Å². The topological polar surface area (TPSA) is 87.6 Å². The maximum absolute atomic E-state index is 11.4. The Labute approximate surface area is 231 Å². The van der Waals surface area contributed by atoms with Crippen molar-refractivity contribution in [3.63, 3.8) is 0 Å². The third-order valence-electron chi connectivity index (χ3n) is 6.61. The number of amides is 1. The van der Waals surface area contributed by atoms with Gasteiger partial charge in [0.1, 0.15) is 12.4 Å². The second-order valence-electron chi connectivity index (χ2n) is 9.48. The van der Waals surface area contributed by atoms with E-state index in [-0.39, 0.29) is 6.04 Å². The summed E-state index contributed by atoms with van der Waals surface area (Å²) in [5, 5.41) is 23.7. The predicted octanol–water partition coefficient (Wildman–Crippen LogP) is 7.53. The Morgan fingerprint density at radius 1 is 1.00 bits per heavy atom. The molecule has 0 saturated carbocycles. The molecule has 0 aliphatic rings. The Balaban J connectivity index is 1.37. The van der Waals surface area contributed by atoms with Gasteiger partial charge in [0.25, 0.3) is 0 Å². The molecule has 5 rings (SSSR count). The highest BCUT2D eigenvalue weighted by atomic mass is 32.1. The molecule has 0 saturated heterocycles. The van der Waals surface area contributed by atoms with Gasteiger partial charge in [0.2, 0.25) is 0 Å². The summed E-state index contributed by atoms with van der Waals surface area (Å²) in [5.74, 6) is 1.47. The van der Waals surface area contributed by atoms with Gasteiger partial charge in [-0.05, 0) is 60.9 Å². The molecule has 8 heteroatoms. The Bertz CT molecular complexity index is 1600. The van der Waals surface area contributed by atoms with Gasteiger partial charge in [0, 0.05) is 34.1 Å². The molecule has 39 heavy (non-hydrogen) atoms. The minimum absolute atomic E-state index is 0.0216. The second-order valence-corrected chi connectivity index (χ2v) is 10.6. The van der Waals surface area contributed by atoms with Crippen molar-refractivity contribution < 1.29 is 14.6 Å². The smallest absolute Gasteiger partial charge is 0.407 e. The fraction of sp³-hybridized carbons (Fsp3) is 0.194. The van der Waals surface area contributed by atoms with Crippen molar-refractivity contribution in [3.8, 4) is 16.2 Å². The van der Waals surface area contributed by atoms with Gasteiger partial charge in [-0.2, -0.15) is 5.10 Å². The number of nitrogens with zero attached hydrogens (tertiary/aromatic N) is 3. The normalized spacial score (nSPS) is 11.8. The number of carboxylic acid groups (broad SMARTS) is 1. The number of aromatic nitrogens is 2. The zero-order valence-electron chi connectivity index (χ0n) is 22.1. The van der Waals surface area contributed by atoms with E-state index in [4.69, 9.17) is 4.74 Å². The van der Waals surface area contributed by atoms with E-state index in [1.54, 1.807) is 18.4 Å². The SMILES string of the molecule is Cc1nnc(NC(C)c2ccc(-c3ccccc3CN(C)C(=O)O)s2)c2cc(OCc3ccccc3)ccc12. The molecule has 2 aromatic heterocycles. The van der Waals surface area contributed by atoms with E-state index < -0.39 is 6.09 Å². The highest BCUT2D eigenvalue weighted by molar-refractivity contribution is 7.15. The first kappa shape index (κ1) is 26.2. The number of ether oxygens (including phenoxy) is 1. The molecular weight excluding hydrogens is 508 g/mol. The summed E-state index contributed by atoms with van der Waals surface area (Å²) in [6.45, 7) is 4.87. The first-order valence-corrected chi connectivity index (χ1v) is 13.5. The predicted molar refractivity (Wildman–Crippen MR) is 156 cm³/mol. The maximum atomic E-state index is 11.4. The van der Waals surface area contributed by atoms with E-state index in [0.29, 0.717) is 19.0 Å². The van der Waals surface area contributed by atoms with Crippen molar-refractivity contribution in [2.24, 2.45) is 0 Å². The lowest BCUT2D eigenvalue weighted by atomic mass is 10.1. The van der Waals surface area contributed by atoms with Gasteiger partial charge in [-0.25, -0.2) is 4.79 Å². The summed E-state index contributed by atoms with van der Waals surface area (Å²) in [6.07, 6.45) is -0.949. The maximum Gasteiger partial charge on any atom is 0.407 e. The molecule has 0 fully saturated rings. The van der Waals surface area contributed by atoms with E-state index in [0.717, 1.165) is 48.7 Å². The molecule has 1 amide bonds.